The van der Waals surface area contributed by atoms with E-state index in [-0.39, 0.29) is 24.2 Å². The first-order chi connectivity index (χ1) is 11.4. The molecule has 0 aromatic heterocycles. The molecule has 2 N–H and O–H groups in total. The fourth-order valence-electron chi connectivity index (χ4n) is 2.29. The molecule has 0 aliphatic heterocycles. The summed E-state index contributed by atoms with van der Waals surface area (Å²) < 4.78 is 0. The van der Waals surface area contributed by atoms with Crippen molar-refractivity contribution in [3.8, 4) is 0 Å². The van der Waals surface area contributed by atoms with Gasteiger partial charge >= 0.3 is 0 Å². The SMILES string of the molecule is O=[N+]([O-])c1ccc([C@@H](O)CC[C@H](O)c2ccc([N+](=O)[O-])cc2)cc1. The van der Waals surface area contributed by atoms with Crippen LogP contribution in [0.15, 0.2) is 48.5 Å². The average Bonchev–Trinajstić information content (AvgIpc) is 2.59. The fraction of sp³-hybridized carbons (Fsp3) is 0.250. The summed E-state index contributed by atoms with van der Waals surface area (Å²) in [5, 5.41) is 41.4. The van der Waals surface area contributed by atoms with Crippen LogP contribution in [0.1, 0.15) is 36.2 Å². The first-order valence-corrected chi connectivity index (χ1v) is 7.23. The lowest BCUT2D eigenvalue weighted by atomic mass is 9.99. The summed E-state index contributed by atoms with van der Waals surface area (Å²) in [5.74, 6) is 0. The number of nitro groups is 2. The van der Waals surface area contributed by atoms with Crippen LogP contribution in [0, 0.1) is 20.2 Å². The van der Waals surface area contributed by atoms with Gasteiger partial charge < -0.3 is 10.2 Å². The van der Waals surface area contributed by atoms with Gasteiger partial charge in [-0.2, -0.15) is 0 Å². The Labute approximate surface area is 137 Å². The van der Waals surface area contributed by atoms with Gasteiger partial charge in [0.25, 0.3) is 11.4 Å². The predicted molar refractivity (Wildman–Crippen MR) is 85.3 cm³/mol. The van der Waals surface area contributed by atoms with E-state index >= 15 is 0 Å². The number of hydrogen-bond acceptors (Lipinski definition) is 6. The Hall–Kier alpha value is -2.84. The molecule has 0 bridgehead atoms. The Morgan fingerprint density at radius 2 is 1.00 bits per heavy atom. The van der Waals surface area contributed by atoms with Crippen LogP contribution in [0.3, 0.4) is 0 Å². The highest BCUT2D eigenvalue weighted by atomic mass is 16.6. The number of aliphatic hydroxyl groups excluding tert-OH is 2. The molecule has 0 unspecified atom stereocenters. The highest BCUT2D eigenvalue weighted by Gasteiger charge is 2.15. The van der Waals surface area contributed by atoms with Crippen LogP contribution in [0.2, 0.25) is 0 Å². The average molecular weight is 332 g/mol. The molecule has 0 spiro atoms. The third-order valence-electron chi connectivity index (χ3n) is 3.69. The van der Waals surface area contributed by atoms with E-state index in [1.807, 2.05) is 0 Å². The molecule has 24 heavy (non-hydrogen) atoms. The molecule has 0 aliphatic carbocycles. The van der Waals surface area contributed by atoms with Gasteiger partial charge in [0, 0.05) is 24.3 Å². The van der Waals surface area contributed by atoms with Gasteiger partial charge in [0.15, 0.2) is 0 Å². The first kappa shape index (κ1) is 17.5. The zero-order valence-corrected chi connectivity index (χ0v) is 12.6. The summed E-state index contributed by atoms with van der Waals surface area (Å²) in [4.78, 5) is 20.1. The van der Waals surface area contributed by atoms with Crippen molar-refractivity contribution in [1.82, 2.24) is 0 Å². The summed E-state index contributed by atoms with van der Waals surface area (Å²) in [6, 6.07) is 11.1. The Bertz CT molecular complexity index is 651. The summed E-state index contributed by atoms with van der Waals surface area (Å²) in [7, 11) is 0. The minimum absolute atomic E-state index is 0.0585. The molecule has 2 rings (SSSR count). The van der Waals surface area contributed by atoms with Crippen molar-refractivity contribution in [3.05, 3.63) is 79.9 Å². The van der Waals surface area contributed by atoms with E-state index in [0.29, 0.717) is 11.1 Å². The second kappa shape index (κ2) is 7.62. The topological polar surface area (TPSA) is 127 Å². The molecule has 0 fully saturated rings. The number of non-ortho nitro benzene ring substituents is 2. The maximum absolute atomic E-state index is 10.6. The maximum Gasteiger partial charge on any atom is 0.269 e. The number of benzene rings is 2. The molecule has 126 valence electrons. The molecular weight excluding hydrogens is 316 g/mol. The lowest BCUT2D eigenvalue weighted by Gasteiger charge is -2.15. The van der Waals surface area contributed by atoms with E-state index in [9.17, 15) is 30.4 Å². The molecule has 0 amide bonds. The van der Waals surface area contributed by atoms with Crippen molar-refractivity contribution in [2.75, 3.05) is 0 Å². The number of aliphatic hydroxyl groups is 2. The van der Waals surface area contributed by atoms with Crippen LogP contribution < -0.4 is 0 Å². The molecule has 8 nitrogen and oxygen atoms in total. The third-order valence-corrected chi connectivity index (χ3v) is 3.69. The zero-order chi connectivity index (χ0) is 17.7. The predicted octanol–water partition coefficient (Wildman–Crippen LogP) is 3.05. The van der Waals surface area contributed by atoms with Gasteiger partial charge in [-0.05, 0) is 48.2 Å². The minimum Gasteiger partial charge on any atom is -0.388 e. The van der Waals surface area contributed by atoms with Crippen LogP contribution in [0.4, 0.5) is 11.4 Å². The van der Waals surface area contributed by atoms with Crippen LogP contribution >= 0.6 is 0 Å². The number of nitro benzene ring substituents is 2. The largest absolute Gasteiger partial charge is 0.388 e. The Kier molecular flexibility index (Phi) is 5.56. The maximum atomic E-state index is 10.6. The number of rotatable bonds is 7. The van der Waals surface area contributed by atoms with E-state index in [1.54, 1.807) is 0 Å². The van der Waals surface area contributed by atoms with Crippen molar-refractivity contribution >= 4 is 11.4 Å². The Morgan fingerprint density at radius 1 is 0.708 bits per heavy atom. The molecule has 0 radical (unpaired) electrons. The van der Waals surface area contributed by atoms with Gasteiger partial charge in [0.1, 0.15) is 0 Å². The standard InChI is InChI=1S/C16H16N2O6/c19-15(11-1-5-13(6-2-11)17(21)22)9-10-16(20)12-3-7-14(8-4-12)18(23)24/h1-8,15-16,19-20H,9-10H2/t15-,16-/m0/s1. The van der Waals surface area contributed by atoms with E-state index in [4.69, 9.17) is 0 Å². The second-order valence-corrected chi connectivity index (χ2v) is 5.31. The van der Waals surface area contributed by atoms with E-state index in [1.165, 1.54) is 48.5 Å². The molecule has 8 heteroatoms. The quantitative estimate of drug-likeness (QED) is 0.592. The first-order valence-electron chi connectivity index (χ1n) is 7.23. The van der Waals surface area contributed by atoms with Crippen molar-refractivity contribution in [2.24, 2.45) is 0 Å². The van der Waals surface area contributed by atoms with Crippen LogP contribution in [0.25, 0.3) is 0 Å². The highest BCUT2D eigenvalue weighted by molar-refractivity contribution is 5.34. The van der Waals surface area contributed by atoms with Crippen LogP contribution in [-0.4, -0.2) is 20.1 Å². The molecule has 0 heterocycles. The van der Waals surface area contributed by atoms with Crippen LogP contribution in [-0.2, 0) is 0 Å². The van der Waals surface area contributed by atoms with Crippen molar-refractivity contribution < 1.29 is 20.1 Å². The van der Waals surface area contributed by atoms with Gasteiger partial charge in [0.2, 0.25) is 0 Å². The lowest BCUT2D eigenvalue weighted by molar-refractivity contribution is -0.385. The minimum atomic E-state index is -0.862. The zero-order valence-electron chi connectivity index (χ0n) is 12.6. The van der Waals surface area contributed by atoms with Gasteiger partial charge in [-0.3, -0.25) is 20.2 Å². The van der Waals surface area contributed by atoms with Gasteiger partial charge in [-0.15, -0.1) is 0 Å². The summed E-state index contributed by atoms with van der Waals surface area (Å²) in [6.07, 6.45) is -1.23. The molecular formula is C16H16N2O6. The van der Waals surface area contributed by atoms with Crippen molar-refractivity contribution in [2.45, 2.75) is 25.0 Å². The fourth-order valence-corrected chi connectivity index (χ4v) is 2.29. The summed E-state index contributed by atoms with van der Waals surface area (Å²) in [5.41, 5.74) is 0.932. The Balaban J connectivity index is 1.93. The van der Waals surface area contributed by atoms with Crippen molar-refractivity contribution in [1.29, 1.82) is 0 Å². The lowest BCUT2D eigenvalue weighted by Crippen LogP contribution is -2.03. The second-order valence-electron chi connectivity index (χ2n) is 5.31. The van der Waals surface area contributed by atoms with E-state index < -0.39 is 22.1 Å². The molecule has 0 aliphatic rings. The molecule has 2 aromatic rings. The highest BCUT2D eigenvalue weighted by Crippen LogP contribution is 2.27. The van der Waals surface area contributed by atoms with Crippen LogP contribution in [0.5, 0.6) is 0 Å². The molecule has 2 atom stereocenters. The third kappa shape index (κ3) is 4.34. The summed E-state index contributed by atoms with van der Waals surface area (Å²) in [6.45, 7) is 0. The number of hydrogen-bond donors (Lipinski definition) is 2. The number of nitrogens with zero attached hydrogens (tertiary/aromatic N) is 2. The Morgan fingerprint density at radius 3 is 1.25 bits per heavy atom. The molecule has 0 saturated heterocycles. The normalized spacial score (nSPS) is 13.2. The molecule has 0 saturated carbocycles. The van der Waals surface area contributed by atoms with E-state index in [0.717, 1.165) is 0 Å². The summed E-state index contributed by atoms with van der Waals surface area (Å²) >= 11 is 0. The molecule has 2 aromatic carbocycles. The van der Waals surface area contributed by atoms with Crippen molar-refractivity contribution in [3.63, 3.8) is 0 Å². The van der Waals surface area contributed by atoms with E-state index in [2.05, 4.69) is 0 Å². The van der Waals surface area contributed by atoms with Gasteiger partial charge in [-0.25, -0.2) is 0 Å². The smallest absolute Gasteiger partial charge is 0.269 e. The van der Waals surface area contributed by atoms with Gasteiger partial charge in [-0.1, -0.05) is 0 Å². The monoisotopic (exact) mass is 332 g/mol. The van der Waals surface area contributed by atoms with Gasteiger partial charge in [0.05, 0.1) is 22.1 Å².